The standard InChI is InChI=1S/C20H15N3O3S2/c1-4-7-23-14-9-15(25-2)16(26-3)10-18(14)28-20(23)22-19(24)12-5-6-13-17(8-12)27-11-21-13/h1,5-6,8-11H,7H2,2-3H3. The van der Waals surface area contributed by atoms with Crippen LogP contribution in [0.1, 0.15) is 10.4 Å². The zero-order valence-corrected chi connectivity index (χ0v) is 16.8. The fourth-order valence-electron chi connectivity index (χ4n) is 2.87. The average Bonchev–Trinajstić information content (AvgIpc) is 3.31. The number of nitrogens with zero attached hydrogens (tertiary/aromatic N) is 3. The molecule has 2 aromatic heterocycles. The molecular weight excluding hydrogens is 394 g/mol. The number of hydrogen-bond donors (Lipinski definition) is 0. The van der Waals surface area contributed by atoms with Gasteiger partial charge in [-0.25, -0.2) is 4.98 Å². The molecule has 0 atom stereocenters. The quantitative estimate of drug-likeness (QED) is 0.482. The molecular formula is C20H15N3O3S2. The van der Waals surface area contributed by atoms with Crippen molar-refractivity contribution in [2.75, 3.05) is 14.2 Å². The van der Waals surface area contributed by atoms with E-state index < -0.39 is 0 Å². The number of methoxy groups -OCH3 is 2. The number of thiazole rings is 2. The van der Waals surface area contributed by atoms with Gasteiger partial charge in [-0.2, -0.15) is 4.99 Å². The van der Waals surface area contributed by atoms with Gasteiger partial charge in [-0.3, -0.25) is 4.79 Å². The first-order valence-electron chi connectivity index (χ1n) is 8.25. The van der Waals surface area contributed by atoms with Crippen LogP contribution >= 0.6 is 22.7 Å². The summed E-state index contributed by atoms with van der Waals surface area (Å²) in [5.74, 6) is 3.49. The first-order valence-corrected chi connectivity index (χ1v) is 9.95. The molecule has 1 amide bonds. The summed E-state index contributed by atoms with van der Waals surface area (Å²) in [4.78, 5) is 21.9. The summed E-state index contributed by atoms with van der Waals surface area (Å²) in [6, 6.07) is 9.07. The molecule has 0 aliphatic rings. The summed E-state index contributed by atoms with van der Waals surface area (Å²) in [6.07, 6.45) is 5.54. The van der Waals surface area contributed by atoms with Gasteiger partial charge in [-0.15, -0.1) is 17.8 Å². The number of amides is 1. The molecule has 2 heterocycles. The van der Waals surface area contributed by atoms with Crippen LogP contribution in [0.25, 0.3) is 20.4 Å². The first-order chi connectivity index (χ1) is 13.6. The number of fused-ring (bicyclic) bond motifs is 2. The normalized spacial score (nSPS) is 11.7. The molecule has 2 aromatic carbocycles. The minimum atomic E-state index is -0.327. The summed E-state index contributed by atoms with van der Waals surface area (Å²) >= 11 is 2.86. The Hall–Kier alpha value is -3.15. The van der Waals surface area contributed by atoms with Crippen LogP contribution in [0.2, 0.25) is 0 Å². The second-order valence-corrected chi connectivity index (χ2v) is 7.70. The van der Waals surface area contributed by atoms with Crippen molar-refractivity contribution < 1.29 is 14.3 Å². The highest BCUT2D eigenvalue weighted by Gasteiger charge is 2.14. The number of benzene rings is 2. The molecule has 28 heavy (non-hydrogen) atoms. The van der Waals surface area contributed by atoms with Crippen molar-refractivity contribution in [2.45, 2.75) is 6.54 Å². The second kappa shape index (κ2) is 7.46. The summed E-state index contributed by atoms with van der Waals surface area (Å²) in [5, 5.41) is 0. The monoisotopic (exact) mass is 409 g/mol. The first kappa shape index (κ1) is 18.2. The third-order valence-electron chi connectivity index (χ3n) is 4.21. The average molecular weight is 409 g/mol. The molecule has 0 fully saturated rings. The highest BCUT2D eigenvalue weighted by Crippen LogP contribution is 2.33. The Bertz CT molecular complexity index is 1310. The Morgan fingerprint density at radius 2 is 2.00 bits per heavy atom. The molecule has 8 heteroatoms. The van der Waals surface area contributed by atoms with Gasteiger partial charge in [0.05, 0.1) is 46.7 Å². The number of rotatable bonds is 4. The van der Waals surface area contributed by atoms with Crippen LogP contribution in [0.5, 0.6) is 11.5 Å². The van der Waals surface area contributed by atoms with Gasteiger partial charge in [0.2, 0.25) is 0 Å². The van der Waals surface area contributed by atoms with Gasteiger partial charge in [0.25, 0.3) is 5.91 Å². The Balaban J connectivity index is 1.87. The molecule has 4 aromatic rings. The molecule has 0 aliphatic carbocycles. The molecule has 0 bridgehead atoms. The van der Waals surface area contributed by atoms with Gasteiger partial charge in [0, 0.05) is 17.7 Å². The fourth-order valence-corrected chi connectivity index (χ4v) is 4.62. The van der Waals surface area contributed by atoms with Gasteiger partial charge in [-0.05, 0) is 18.2 Å². The predicted molar refractivity (Wildman–Crippen MR) is 111 cm³/mol. The van der Waals surface area contributed by atoms with Crippen molar-refractivity contribution in [2.24, 2.45) is 4.99 Å². The Morgan fingerprint density at radius 3 is 2.75 bits per heavy atom. The van der Waals surface area contributed by atoms with E-state index in [1.165, 1.54) is 22.7 Å². The molecule has 0 saturated carbocycles. The zero-order valence-electron chi connectivity index (χ0n) is 15.1. The lowest BCUT2D eigenvalue weighted by Gasteiger charge is -2.08. The lowest BCUT2D eigenvalue weighted by Crippen LogP contribution is -2.16. The van der Waals surface area contributed by atoms with Gasteiger partial charge in [0.15, 0.2) is 16.3 Å². The maximum atomic E-state index is 12.8. The lowest BCUT2D eigenvalue weighted by atomic mass is 10.2. The lowest BCUT2D eigenvalue weighted by molar-refractivity contribution is 0.0998. The van der Waals surface area contributed by atoms with Crippen LogP contribution in [-0.4, -0.2) is 29.7 Å². The van der Waals surface area contributed by atoms with Crippen LogP contribution in [0.15, 0.2) is 40.8 Å². The van der Waals surface area contributed by atoms with E-state index in [0.717, 1.165) is 20.4 Å². The van der Waals surface area contributed by atoms with Crippen molar-refractivity contribution in [3.8, 4) is 23.8 Å². The topological polar surface area (TPSA) is 65.7 Å². The van der Waals surface area contributed by atoms with Crippen molar-refractivity contribution in [1.82, 2.24) is 9.55 Å². The molecule has 0 spiro atoms. The van der Waals surface area contributed by atoms with Crippen LogP contribution in [0.3, 0.4) is 0 Å². The number of carbonyl (C=O) groups excluding carboxylic acids is 1. The van der Waals surface area contributed by atoms with E-state index >= 15 is 0 Å². The van der Waals surface area contributed by atoms with Crippen LogP contribution < -0.4 is 14.3 Å². The molecule has 0 radical (unpaired) electrons. The molecule has 140 valence electrons. The van der Waals surface area contributed by atoms with Gasteiger partial charge >= 0.3 is 0 Å². The molecule has 4 rings (SSSR count). The number of terminal acetylenes is 1. The zero-order chi connectivity index (χ0) is 19.7. The Labute approximate surface area is 168 Å². The number of aromatic nitrogens is 2. The fraction of sp³-hybridized carbons (Fsp3) is 0.150. The number of ether oxygens (including phenoxy) is 2. The van der Waals surface area contributed by atoms with Gasteiger partial charge in [-0.1, -0.05) is 17.3 Å². The summed E-state index contributed by atoms with van der Waals surface area (Å²) in [5.41, 5.74) is 3.97. The van der Waals surface area contributed by atoms with E-state index in [-0.39, 0.29) is 12.5 Å². The van der Waals surface area contributed by atoms with E-state index in [2.05, 4.69) is 15.9 Å². The Morgan fingerprint density at radius 1 is 1.21 bits per heavy atom. The van der Waals surface area contributed by atoms with E-state index in [0.29, 0.717) is 21.9 Å². The smallest absolute Gasteiger partial charge is 0.279 e. The summed E-state index contributed by atoms with van der Waals surface area (Å²) < 4.78 is 14.4. The predicted octanol–water partition coefficient (Wildman–Crippen LogP) is 3.70. The number of hydrogen-bond acceptors (Lipinski definition) is 6. The Kier molecular flexibility index (Phi) is 4.86. The van der Waals surface area contributed by atoms with Crippen molar-refractivity contribution >= 4 is 49.0 Å². The van der Waals surface area contributed by atoms with Crippen molar-refractivity contribution in [3.05, 3.63) is 46.2 Å². The van der Waals surface area contributed by atoms with Crippen LogP contribution in [0, 0.1) is 12.3 Å². The molecule has 0 saturated heterocycles. The summed E-state index contributed by atoms with van der Waals surface area (Å²) in [7, 11) is 3.16. The maximum Gasteiger partial charge on any atom is 0.279 e. The highest BCUT2D eigenvalue weighted by molar-refractivity contribution is 7.17. The van der Waals surface area contributed by atoms with Crippen LogP contribution in [0.4, 0.5) is 0 Å². The summed E-state index contributed by atoms with van der Waals surface area (Å²) in [6.45, 7) is 0.287. The number of carbonyl (C=O) groups is 1. The molecule has 6 nitrogen and oxygen atoms in total. The van der Waals surface area contributed by atoms with Crippen molar-refractivity contribution in [1.29, 1.82) is 0 Å². The second-order valence-electron chi connectivity index (χ2n) is 5.80. The van der Waals surface area contributed by atoms with E-state index in [1.807, 2.05) is 28.8 Å². The van der Waals surface area contributed by atoms with Gasteiger partial charge in [0.1, 0.15) is 0 Å². The maximum absolute atomic E-state index is 12.8. The third-order valence-corrected chi connectivity index (χ3v) is 6.05. The van der Waals surface area contributed by atoms with E-state index in [1.54, 1.807) is 25.8 Å². The molecule has 0 aliphatic heterocycles. The molecule has 0 N–H and O–H groups in total. The van der Waals surface area contributed by atoms with E-state index in [4.69, 9.17) is 15.9 Å². The van der Waals surface area contributed by atoms with Crippen LogP contribution in [-0.2, 0) is 6.54 Å². The van der Waals surface area contributed by atoms with Crippen molar-refractivity contribution in [3.63, 3.8) is 0 Å². The minimum Gasteiger partial charge on any atom is -0.493 e. The third kappa shape index (κ3) is 3.15. The largest absolute Gasteiger partial charge is 0.493 e. The SMILES string of the molecule is C#CCn1c(=NC(=O)c2ccc3ncsc3c2)sc2cc(OC)c(OC)cc21. The van der Waals surface area contributed by atoms with E-state index in [9.17, 15) is 4.79 Å². The molecule has 0 unspecified atom stereocenters. The van der Waals surface area contributed by atoms with Gasteiger partial charge < -0.3 is 14.0 Å². The minimum absolute atomic E-state index is 0.287. The highest BCUT2D eigenvalue weighted by atomic mass is 32.1.